The Morgan fingerprint density at radius 2 is 1.36 bits per heavy atom. The molecule has 4 aromatic carbocycles. The number of rotatable bonds is 3. The number of benzene rings is 4. The maximum Gasteiger partial charge on any atom is 0.302 e. The molecule has 0 aliphatic rings. The SMILES string of the molecule is O=C(N=Nc1c(O)c2ccccc2c2ccccc12)c1ccccc1[N+](=O)[O-]. The average Bonchev–Trinajstić information content (AvgIpc) is 2.73. The number of hydrogen-bond acceptors (Lipinski definition) is 5. The van der Waals surface area contributed by atoms with Crippen LogP contribution in [0.5, 0.6) is 5.75 Å². The summed E-state index contributed by atoms with van der Waals surface area (Å²) in [7, 11) is 0. The van der Waals surface area contributed by atoms with Gasteiger partial charge in [0.25, 0.3) is 5.69 Å². The lowest BCUT2D eigenvalue weighted by Gasteiger charge is -2.09. The van der Waals surface area contributed by atoms with E-state index in [0.717, 1.165) is 10.8 Å². The number of nitrogens with zero attached hydrogens (tertiary/aromatic N) is 3. The summed E-state index contributed by atoms with van der Waals surface area (Å²) < 4.78 is 0. The summed E-state index contributed by atoms with van der Waals surface area (Å²) in [6.45, 7) is 0. The van der Waals surface area contributed by atoms with Crippen LogP contribution in [0.1, 0.15) is 10.4 Å². The number of phenols is 1. The summed E-state index contributed by atoms with van der Waals surface area (Å²) >= 11 is 0. The van der Waals surface area contributed by atoms with Crippen molar-refractivity contribution in [2.45, 2.75) is 0 Å². The zero-order valence-corrected chi connectivity index (χ0v) is 14.4. The van der Waals surface area contributed by atoms with Gasteiger partial charge in [-0.3, -0.25) is 14.9 Å². The number of nitro benzene ring substituents is 1. The first-order chi connectivity index (χ1) is 13.6. The van der Waals surface area contributed by atoms with Crippen molar-refractivity contribution in [1.82, 2.24) is 0 Å². The van der Waals surface area contributed by atoms with Gasteiger partial charge in [0.2, 0.25) is 0 Å². The van der Waals surface area contributed by atoms with Gasteiger partial charge in [-0.05, 0) is 16.8 Å². The molecule has 0 aliphatic carbocycles. The minimum Gasteiger partial charge on any atom is -0.505 e. The van der Waals surface area contributed by atoms with Gasteiger partial charge in [-0.25, -0.2) is 0 Å². The molecule has 1 amide bonds. The lowest BCUT2D eigenvalue weighted by molar-refractivity contribution is -0.385. The predicted octanol–water partition coefficient (Wildman–Crippen LogP) is 5.53. The third-order valence-corrected chi connectivity index (χ3v) is 4.45. The molecule has 136 valence electrons. The number of hydrogen-bond donors (Lipinski definition) is 1. The summed E-state index contributed by atoms with van der Waals surface area (Å²) in [6, 6.07) is 20.1. The lowest BCUT2D eigenvalue weighted by atomic mass is 9.99. The van der Waals surface area contributed by atoms with Gasteiger partial charge in [0.05, 0.1) is 4.92 Å². The van der Waals surface area contributed by atoms with Crippen LogP contribution in [0.4, 0.5) is 11.4 Å². The number of carbonyl (C=O) groups is 1. The Labute approximate surface area is 158 Å². The fourth-order valence-corrected chi connectivity index (χ4v) is 3.17. The highest BCUT2D eigenvalue weighted by atomic mass is 16.6. The van der Waals surface area contributed by atoms with Crippen molar-refractivity contribution in [2.75, 3.05) is 0 Å². The number of fused-ring (bicyclic) bond motifs is 3. The molecule has 0 unspecified atom stereocenters. The molecule has 0 heterocycles. The molecule has 4 rings (SSSR count). The third-order valence-electron chi connectivity index (χ3n) is 4.45. The van der Waals surface area contributed by atoms with E-state index in [1.54, 1.807) is 24.3 Å². The van der Waals surface area contributed by atoms with Crippen LogP contribution < -0.4 is 0 Å². The van der Waals surface area contributed by atoms with E-state index in [4.69, 9.17) is 0 Å². The highest BCUT2D eigenvalue weighted by Crippen LogP contribution is 2.42. The molecule has 0 aliphatic heterocycles. The molecule has 0 bridgehead atoms. The van der Waals surface area contributed by atoms with Gasteiger partial charge in [-0.1, -0.05) is 60.7 Å². The van der Waals surface area contributed by atoms with Crippen molar-refractivity contribution in [3.05, 3.63) is 88.5 Å². The van der Waals surface area contributed by atoms with E-state index < -0.39 is 10.8 Å². The molecule has 0 radical (unpaired) electrons. The van der Waals surface area contributed by atoms with E-state index in [9.17, 15) is 20.0 Å². The normalized spacial score (nSPS) is 11.3. The maximum atomic E-state index is 12.4. The van der Waals surface area contributed by atoms with E-state index in [1.807, 2.05) is 24.3 Å². The second-order valence-corrected chi connectivity index (χ2v) is 6.07. The van der Waals surface area contributed by atoms with E-state index >= 15 is 0 Å². The highest BCUT2D eigenvalue weighted by Gasteiger charge is 2.19. The molecular weight excluding hydrogens is 358 g/mol. The fraction of sp³-hybridized carbons (Fsp3) is 0. The first-order valence-corrected chi connectivity index (χ1v) is 8.40. The van der Waals surface area contributed by atoms with Gasteiger partial charge in [0, 0.05) is 16.8 Å². The van der Waals surface area contributed by atoms with Crippen molar-refractivity contribution in [1.29, 1.82) is 0 Å². The van der Waals surface area contributed by atoms with Gasteiger partial charge in [0.1, 0.15) is 11.3 Å². The fourth-order valence-electron chi connectivity index (χ4n) is 3.17. The van der Waals surface area contributed by atoms with Crippen LogP contribution in [0, 0.1) is 10.1 Å². The molecule has 1 N–H and O–H groups in total. The summed E-state index contributed by atoms with van der Waals surface area (Å²) in [5.74, 6) is -0.961. The standard InChI is InChI=1S/C21H13N3O4/c25-20-16-10-4-2-8-14(16)13-7-1-3-9-15(13)19(20)22-23-21(26)17-11-5-6-12-18(17)24(27)28/h1-12,25H. The van der Waals surface area contributed by atoms with Gasteiger partial charge in [-0.15, -0.1) is 10.2 Å². The van der Waals surface area contributed by atoms with Crippen LogP contribution in [0.3, 0.4) is 0 Å². The number of para-hydroxylation sites is 1. The molecule has 0 spiro atoms. The Kier molecular flexibility index (Phi) is 4.25. The van der Waals surface area contributed by atoms with Crippen LogP contribution in [-0.2, 0) is 0 Å². The molecule has 7 heteroatoms. The Balaban J connectivity index is 1.87. The second kappa shape index (κ2) is 6.88. The Bertz CT molecular complexity index is 1280. The zero-order valence-electron chi connectivity index (χ0n) is 14.4. The number of aromatic hydroxyl groups is 1. The van der Waals surface area contributed by atoms with Gasteiger partial charge in [0.15, 0.2) is 5.75 Å². The van der Waals surface area contributed by atoms with Crippen LogP contribution in [0.2, 0.25) is 0 Å². The highest BCUT2D eigenvalue weighted by molar-refractivity contribution is 6.16. The number of azo groups is 1. The molecule has 0 atom stereocenters. The van der Waals surface area contributed by atoms with Crippen molar-refractivity contribution >= 4 is 38.8 Å². The van der Waals surface area contributed by atoms with Crippen LogP contribution in [-0.4, -0.2) is 15.9 Å². The van der Waals surface area contributed by atoms with E-state index in [1.165, 1.54) is 24.3 Å². The predicted molar refractivity (Wildman–Crippen MR) is 105 cm³/mol. The molecule has 0 fully saturated rings. The van der Waals surface area contributed by atoms with E-state index in [0.29, 0.717) is 10.8 Å². The first kappa shape index (κ1) is 17.3. The maximum absolute atomic E-state index is 12.4. The zero-order chi connectivity index (χ0) is 19.7. The third kappa shape index (κ3) is 2.84. The molecule has 0 saturated carbocycles. The quantitative estimate of drug-likeness (QED) is 0.221. The molecular formula is C21H13N3O4. The van der Waals surface area contributed by atoms with Crippen LogP contribution in [0.15, 0.2) is 83.0 Å². The van der Waals surface area contributed by atoms with Crippen molar-refractivity contribution < 1.29 is 14.8 Å². The van der Waals surface area contributed by atoms with Gasteiger partial charge >= 0.3 is 5.91 Å². The minimum absolute atomic E-state index is 0.103. The molecule has 0 saturated heterocycles. The minimum atomic E-state index is -0.857. The Hall–Kier alpha value is -4.13. The topological polar surface area (TPSA) is 105 Å². The summed E-state index contributed by atoms with van der Waals surface area (Å²) in [5, 5.41) is 32.3. The molecule has 28 heavy (non-hydrogen) atoms. The Morgan fingerprint density at radius 3 is 2.04 bits per heavy atom. The number of amides is 1. The van der Waals surface area contributed by atoms with Crippen LogP contribution >= 0.6 is 0 Å². The monoisotopic (exact) mass is 371 g/mol. The number of phenolic OH excluding ortho intramolecular Hbond substituents is 1. The molecule has 0 aromatic heterocycles. The summed E-state index contributed by atoms with van der Waals surface area (Å²) in [5.41, 5.74) is -0.374. The number of carbonyl (C=O) groups excluding carboxylic acids is 1. The molecule has 7 nitrogen and oxygen atoms in total. The van der Waals surface area contributed by atoms with Crippen molar-refractivity contribution in [2.24, 2.45) is 10.2 Å². The van der Waals surface area contributed by atoms with Crippen LogP contribution in [0.25, 0.3) is 21.5 Å². The van der Waals surface area contributed by atoms with Crippen molar-refractivity contribution in [3.63, 3.8) is 0 Å². The second-order valence-electron chi connectivity index (χ2n) is 6.07. The average molecular weight is 371 g/mol. The van der Waals surface area contributed by atoms with E-state index in [2.05, 4.69) is 10.2 Å². The van der Waals surface area contributed by atoms with E-state index in [-0.39, 0.29) is 22.7 Å². The molecule has 4 aromatic rings. The van der Waals surface area contributed by atoms with Gasteiger partial charge < -0.3 is 5.11 Å². The summed E-state index contributed by atoms with van der Waals surface area (Å²) in [6.07, 6.45) is 0. The number of nitro groups is 1. The van der Waals surface area contributed by atoms with Gasteiger partial charge in [-0.2, -0.15) is 0 Å². The largest absolute Gasteiger partial charge is 0.505 e. The lowest BCUT2D eigenvalue weighted by Crippen LogP contribution is -2.00. The first-order valence-electron chi connectivity index (χ1n) is 8.40. The Morgan fingerprint density at radius 1 is 0.821 bits per heavy atom. The summed E-state index contributed by atoms with van der Waals surface area (Å²) in [4.78, 5) is 22.9. The smallest absolute Gasteiger partial charge is 0.302 e. The van der Waals surface area contributed by atoms with Crippen molar-refractivity contribution in [3.8, 4) is 5.75 Å².